The van der Waals surface area contributed by atoms with E-state index in [2.05, 4.69) is 36.3 Å². The fourth-order valence-corrected chi connectivity index (χ4v) is 3.31. The minimum atomic E-state index is 0.715. The van der Waals surface area contributed by atoms with E-state index >= 15 is 0 Å². The van der Waals surface area contributed by atoms with Gasteiger partial charge in [0.1, 0.15) is 0 Å². The normalized spacial score (nSPS) is 22.6. The van der Waals surface area contributed by atoms with Crippen LogP contribution in [0.3, 0.4) is 0 Å². The maximum absolute atomic E-state index is 3.72. The first kappa shape index (κ1) is 13.1. The third-order valence-electron chi connectivity index (χ3n) is 3.58. The van der Waals surface area contributed by atoms with Crippen molar-refractivity contribution in [2.45, 2.75) is 45.2 Å². The second kappa shape index (κ2) is 6.53. The average Bonchev–Trinajstić information content (AvgIpc) is 2.70. The van der Waals surface area contributed by atoms with Crippen LogP contribution in [-0.4, -0.2) is 31.1 Å². The Bertz CT molecular complexity index is 335. The van der Waals surface area contributed by atoms with Gasteiger partial charge in [0, 0.05) is 22.3 Å². The molecule has 96 valence electrons. The highest BCUT2D eigenvalue weighted by Gasteiger charge is 2.14. The highest BCUT2D eigenvalue weighted by molar-refractivity contribution is 7.11. The molecule has 17 heavy (non-hydrogen) atoms. The molecule has 1 fully saturated rings. The van der Waals surface area contributed by atoms with E-state index in [0.717, 1.165) is 6.54 Å². The van der Waals surface area contributed by atoms with Crippen molar-refractivity contribution in [3.8, 4) is 0 Å². The molecule has 0 bridgehead atoms. The Morgan fingerprint density at radius 2 is 2.12 bits per heavy atom. The van der Waals surface area contributed by atoms with Gasteiger partial charge < -0.3 is 10.2 Å². The van der Waals surface area contributed by atoms with Crippen molar-refractivity contribution in [3.63, 3.8) is 0 Å². The second-order valence-corrected chi connectivity index (χ2v) is 6.29. The van der Waals surface area contributed by atoms with Gasteiger partial charge >= 0.3 is 0 Å². The van der Waals surface area contributed by atoms with E-state index in [1.807, 2.05) is 11.3 Å². The number of aryl methyl sites for hydroxylation is 1. The first-order valence-corrected chi connectivity index (χ1v) is 7.59. The van der Waals surface area contributed by atoms with Crippen LogP contribution in [0.2, 0.25) is 0 Å². The average molecular weight is 252 g/mol. The van der Waals surface area contributed by atoms with E-state index in [1.54, 1.807) is 0 Å². The lowest BCUT2D eigenvalue weighted by Gasteiger charge is -2.16. The maximum atomic E-state index is 3.72. The number of hydrogen-bond acceptors (Lipinski definition) is 3. The number of hydrogen-bond donors (Lipinski definition) is 1. The van der Waals surface area contributed by atoms with Crippen molar-refractivity contribution in [1.82, 2.24) is 10.2 Å². The Balaban J connectivity index is 1.77. The predicted molar refractivity (Wildman–Crippen MR) is 75.7 cm³/mol. The molecule has 1 aromatic rings. The Hall–Kier alpha value is -0.380. The van der Waals surface area contributed by atoms with Crippen LogP contribution in [-0.2, 0) is 13.0 Å². The van der Waals surface area contributed by atoms with Crippen LogP contribution in [0.4, 0.5) is 0 Å². The van der Waals surface area contributed by atoms with Crippen LogP contribution in [0, 0.1) is 0 Å². The fourth-order valence-electron chi connectivity index (χ4n) is 2.40. The fraction of sp³-hybridized carbons (Fsp3) is 0.714. The Kier molecular flexibility index (Phi) is 5.01. The van der Waals surface area contributed by atoms with Crippen LogP contribution < -0.4 is 5.32 Å². The summed E-state index contributed by atoms with van der Waals surface area (Å²) >= 11 is 1.95. The molecule has 2 nitrogen and oxygen atoms in total. The van der Waals surface area contributed by atoms with Gasteiger partial charge in [-0.05, 0) is 58.0 Å². The molecule has 1 aliphatic rings. The van der Waals surface area contributed by atoms with Crippen molar-refractivity contribution in [3.05, 3.63) is 21.9 Å². The van der Waals surface area contributed by atoms with Gasteiger partial charge in [-0.3, -0.25) is 0 Å². The van der Waals surface area contributed by atoms with Gasteiger partial charge in [0.2, 0.25) is 0 Å². The molecule has 2 rings (SSSR count). The molecule has 1 aromatic heterocycles. The molecule has 1 unspecified atom stereocenters. The standard InChI is InChI=1S/C14H24N2S/c1-3-13-6-7-14(17-13)11-15-12-5-4-9-16(2)10-8-12/h6-7,12,15H,3-5,8-11H2,1-2H3. The summed E-state index contributed by atoms with van der Waals surface area (Å²) in [5.74, 6) is 0. The molecule has 0 spiro atoms. The molecule has 2 heterocycles. The summed E-state index contributed by atoms with van der Waals surface area (Å²) in [4.78, 5) is 5.43. The lowest BCUT2D eigenvalue weighted by molar-refractivity contribution is 0.343. The van der Waals surface area contributed by atoms with E-state index in [1.165, 1.54) is 48.5 Å². The summed E-state index contributed by atoms with van der Waals surface area (Å²) < 4.78 is 0. The molecule has 0 radical (unpaired) electrons. The number of thiophene rings is 1. The molecular formula is C14H24N2S. The zero-order valence-corrected chi connectivity index (χ0v) is 11.9. The van der Waals surface area contributed by atoms with E-state index < -0.39 is 0 Å². The Morgan fingerprint density at radius 3 is 2.88 bits per heavy atom. The summed E-state index contributed by atoms with van der Waals surface area (Å²) in [6.07, 6.45) is 5.12. The zero-order valence-electron chi connectivity index (χ0n) is 11.0. The van der Waals surface area contributed by atoms with E-state index in [4.69, 9.17) is 0 Å². The number of rotatable bonds is 4. The highest BCUT2D eigenvalue weighted by atomic mass is 32.1. The van der Waals surface area contributed by atoms with Gasteiger partial charge in [0.25, 0.3) is 0 Å². The van der Waals surface area contributed by atoms with Crippen LogP contribution >= 0.6 is 11.3 Å². The van der Waals surface area contributed by atoms with Crippen LogP contribution in [0.5, 0.6) is 0 Å². The Morgan fingerprint density at radius 1 is 1.29 bits per heavy atom. The summed E-state index contributed by atoms with van der Waals surface area (Å²) in [6.45, 7) is 5.78. The van der Waals surface area contributed by atoms with Gasteiger partial charge in [0.05, 0.1) is 0 Å². The largest absolute Gasteiger partial charge is 0.309 e. The monoisotopic (exact) mass is 252 g/mol. The van der Waals surface area contributed by atoms with Crippen molar-refractivity contribution < 1.29 is 0 Å². The molecule has 1 atom stereocenters. The molecule has 0 aromatic carbocycles. The van der Waals surface area contributed by atoms with Gasteiger partial charge in [-0.15, -0.1) is 11.3 Å². The second-order valence-electron chi connectivity index (χ2n) is 5.03. The van der Waals surface area contributed by atoms with Gasteiger partial charge in [-0.1, -0.05) is 6.92 Å². The van der Waals surface area contributed by atoms with Gasteiger partial charge in [-0.2, -0.15) is 0 Å². The quantitative estimate of drug-likeness (QED) is 0.886. The molecule has 1 aliphatic heterocycles. The smallest absolute Gasteiger partial charge is 0.0302 e. The summed E-state index contributed by atoms with van der Waals surface area (Å²) in [5.41, 5.74) is 0. The summed E-state index contributed by atoms with van der Waals surface area (Å²) in [6, 6.07) is 5.26. The minimum absolute atomic E-state index is 0.715. The van der Waals surface area contributed by atoms with Gasteiger partial charge in [0.15, 0.2) is 0 Å². The highest BCUT2D eigenvalue weighted by Crippen LogP contribution is 2.17. The number of nitrogens with zero attached hydrogens (tertiary/aromatic N) is 1. The molecule has 0 amide bonds. The van der Waals surface area contributed by atoms with Crippen molar-refractivity contribution in [2.75, 3.05) is 20.1 Å². The summed E-state index contributed by atoms with van der Waals surface area (Å²) in [5, 5.41) is 3.72. The van der Waals surface area contributed by atoms with Crippen molar-refractivity contribution in [1.29, 1.82) is 0 Å². The lowest BCUT2D eigenvalue weighted by Crippen LogP contribution is -2.29. The summed E-state index contributed by atoms with van der Waals surface area (Å²) in [7, 11) is 2.23. The third-order valence-corrected chi connectivity index (χ3v) is 4.81. The van der Waals surface area contributed by atoms with Crippen LogP contribution in [0.1, 0.15) is 35.9 Å². The Labute approximate surface area is 109 Å². The molecule has 1 saturated heterocycles. The minimum Gasteiger partial charge on any atom is -0.309 e. The first-order valence-electron chi connectivity index (χ1n) is 6.77. The lowest BCUT2D eigenvalue weighted by atomic mass is 10.1. The third kappa shape index (κ3) is 4.09. The molecular weight excluding hydrogens is 228 g/mol. The van der Waals surface area contributed by atoms with E-state index in [0.29, 0.717) is 6.04 Å². The van der Waals surface area contributed by atoms with Gasteiger partial charge in [-0.25, -0.2) is 0 Å². The predicted octanol–water partition coefficient (Wildman–Crippen LogP) is 2.88. The van der Waals surface area contributed by atoms with Crippen LogP contribution in [0.15, 0.2) is 12.1 Å². The first-order chi connectivity index (χ1) is 8.28. The molecule has 3 heteroatoms. The number of nitrogens with one attached hydrogen (secondary N) is 1. The number of likely N-dealkylation sites (tertiary alicyclic amines) is 1. The maximum Gasteiger partial charge on any atom is 0.0302 e. The molecule has 0 saturated carbocycles. The van der Waals surface area contributed by atoms with E-state index in [9.17, 15) is 0 Å². The van der Waals surface area contributed by atoms with E-state index in [-0.39, 0.29) is 0 Å². The van der Waals surface area contributed by atoms with Crippen molar-refractivity contribution >= 4 is 11.3 Å². The zero-order chi connectivity index (χ0) is 12.1. The van der Waals surface area contributed by atoms with Crippen molar-refractivity contribution in [2.24, 2.45) is 0 Å². The molecule has 1 N–H and O–H groups in total. The molecule has 0 aliphatic carbocycles. The SMILES string of the molecule is CCc1ccc(CNC2CCCN(C)CC2)s1. The topological polar surface area (TPSA) is 15.3 Å². The van der Waals surface area contributed by atoms with Crippen LogP contribution in [0.25, 0.3) is 0 Å².